The van der Waals surface area contributed by atoms with Gasteiger partial charge in [0, 0.05) is 43.9 Å². The van der Waals surface area contributed by atoms with Crippen LogP contribution in [0.2, 0.25) is 0 Å². The van der Waals surface area contributed by atoms with E-state index in [0.29, 0.717) is 25.2 Å². The van der Waals surface area contributed by atoms with Gasteiger partial charge in [0.05, 0.1) is 0 Å². The van der Waals surface area contributed by atoms with Crippen molar-refractivity contribution in [1.29, 1.82) is 0 Å². The molecule has 1 amide bonds. The third kappa shape index (κ3) is 5.67. The molecule has 1 saturated heterocycles. The molecule has 0 radical (unpaired) electrons. The van der Waals surface area contributed by atoms with Crippen LogP contribution in [0.3, 0.4) is 0 Å². The van der Waals surface area contributed by atoms with E-state index in [4.69, 9.17) is 19.8 Å². The summed E-state index contributed by atoms with van der Waals surface area (Å²) in [6.07, 6.45) is 0. The maximum Gasteiger partial charge on any atom is 0.414 e. The number of rotatable bonds is 3. The van der Waals surface area contributed by atoms with Crippen LogP contribution in [-0.2, 0) is 16.1 Å². The molecule has 0 unspecified atom stereocenters. The number of carbonyl (C=O) groups excluding carboxylic acids is 1. The number of carbonyl (C=O) groups is 3. The van der Waals surface area contributed by atoms with E-state index in [1.54, 1.807) is 6.07 Å². The molecule has 32 heavy (non-hydrogen) atoms. The molecular formula is C24H23FN2O5. The summed E-state index contributed by atoms with van der Waals surface area (Å²) in [7, 11) is 0. The number of hydrogen-bond donors (Lipinski definition) is 2. The topological polar surface area (TPSA) is 98.1 Å². The number of piperazine rings is 1. The summed E-state index contributed by atoms with van der Waals surface area (Å²) >= 11 is 0. The van der Waals surface area contributed by atoms with E-state index in [2.05, 4.69) is 4.90 Å². The van der Waals surface area contributed by atoms with Crippen LogP contribution in [0, 0.1) is 5.82 Å². The Morgan fingerprint density at radius 1 is 0.781 bits per heavy atom. The van der Waals surface area contributed by atoms with Crippen LogP contribution in [-0.4, -0.2) is 64.0 Å². The third-order valence-corrected chi connectivity index (χ3v) is 5.21. The van der Waals surface area contributed by atoms with E-state index in [0.717, 1.165) is 29.4 Å². The number of fused-ring (bicyclic) bond motifs is 1. The highest BCUT2D eigenvalue weighted by Gasteiger charge is 2.23. The van der Waals surface area contributed by atoms with Crippen molar-refractivity contribution < 1.29 is 29.0 Å². The van der Waals surface area contributed by atoms with Crippen molar-refractivity contribution in [3.8, 4) is 0 Å². The quantitative estimate of drug-likeness (QED) is 0.610. The largest absolute Gasteiger partial charge is 0.473 e. The normalized spacial score (nSPS) is 13.8. The molecule has 0 aliphatic carbocycles. The van der Waals surface area contributed by atoms with E-state index >= 15 is 0 Å². The van der Waals surface area contributed by atoms with Crippen LogP contribution in [0.4, 0.5) is 4.39 Å². The Bertz CT molecular complexity index is 1110. The summed E-state index contributed by atoms with van der Waals surface area (Å²) in [6.45, 7) is 3.42. The lowest BCUT2D eigenvalue weighted by Crippen LogP contribution is -2.48. The molecule has 1 aliphatic heterocycles. The van der Waals surface area contributed by atoms with Crippen LogP contribution in [0.25, 0.3) is 10.8 Å². The van der Waals surface area contributed by atoms with Gasteiger partial charge >= 0.3 is 11.9 Å². The molecule has 0 saturated carbocycles. The van der Waals surface area contributed by atoms with Gasteiger partial charge in [-0.05, 0) is 22.9 Å². The monoisotopic (exact) mass is 438 g/mol. The van der Waals surface area contributed by atoms with Gasteiger partial charge in [-0.15, -0.1) is 0 Å². The predicted molar refractivity (Wildman–Crippen MR) is 117 cm³/mol. The molecule has 0 atom stereocenters. The SMILES string of the molecule is O=C(O)C(=O)O.O=C(c1cccc2ccccc12)N1CCN(Cc2ccccc2F)CC1. The number of amides is 1. The van der Waals surface area contributed by atoms with E-state index in [-0.39, 0.29) is 11.7 Å². The summed E-state index contributed by atoms with van der Waals surface area (Å²) in [5.74, 6) is -3.74. The molecule has 0 bridgehead atoms. The van der Waals surface area contributed by atoms with Crippen molar-refractivity contribution in [2.24, 2.45) is 0 Å². The van der Waals surface area contributed by atoms with Gasteiger partial charge in [-0.1, -0.05) is 54.6 Å². The van der Waals surface area contributed by atoms with Gasteiger partial charge in [0.25, 0.3) is 5.91 Å². The molecule has 3 aromatic carbocycles. The fraction of sp³-hybridized carbons (Fsp3) is 0.208. The molecular weight excluding hydrogens is 415 g/mol. The third-order valence-electron chi connectivity index (χ3n) is 5.21. The number of carboxylic acids is 2. The van der Waals surface area contributed by atoms with Crippen molar-refractivity contribution >= 4 is 28.6 Å². The van der Waals surface area contributed by atoms with Gasteiger partial charge < -0.3 is 15.1 Å². The lowest BCUT2D eigenvalue weighted by Gasteiger charge is -2.35. The predicted octanol–water partition coefficient (Wildman–Crippen LogP) is 3.09. The summed E-state index contributed by atoms with van der Waals surface area (Å²) in [5, 5.41) is 16.9. The summed E-state index contributed by atoms with van der Waals surface area (Å²) in [5.41, 5.74) is 1.46. The number of hydrogen-bond acceptors (Lipinski definition) is 4. The molecule has 3 aromatic rings. The highest BCUT2D eigenvalue weighted by molar-refractivity contribution is 6.27. The Labute approximate surface area is 184 Å². The van der Waals surface area contributed by atoms with Crippen LogP contribution in [0.15, 0.2) is 66.7 Å². The maximum atomic E-state index is 13.8. The molecule has 0 aromatic heterocycles. The van der Waals surface area contributed by atoms with Crippen molar-refractivity contribution in [2.45, 2.75) is 6.54 Å². The Morgan fingerprint density at radius 3 is 2.03 bits per heavy atom. The zero-order chi connectivity index (χ0) is 23.1. The van der Waals surface area contributed by atoms with Gasteiger partial charge in [-0.2, -0.15) is 0 Å². The highest BCUT2D eigenvalue weighted by atomic mass is 19.1. The Morgan fingerprint density at radius 2 is 1.38 bits per heavy atom. The number of carboxylic acid groups (broad SMARTS) is 2. The van der Waals surface area contributed by atoms with Gasteiger partial charge in [-0.25, -0.2) is 14.0 Å². The zero-order valence-electron chi connectivity index (χ0n) is 17.3. The summed E-state index contributed by atoms with van der Waals surface area (Å²) in [4.78, 5) is 35.3. The molecule has 2 N–H and O–H groups in total. The fourth-order valence-electron chi connectivity index (χ4n) is 3.56. The minimum atomic E-state index is -1.82. The van der Waals surface area contributed by atoms with E-state index < -0.39 is 11.9 Å². The van der Waals surface area contributed by atoms with Crippen LogP contribution in [0.1, 0.15) is 15.9 Å². The number of halogens is 1. The van der Waals surface area contributed by atoms with Crippen LogP contribution < -0.4 is 0 Å². The molecule has 1 aliphatic rings. The van der Waals surface area contributed by atoms with E-state index in [9.17, 15) is 9.18 Å². The second kappa shape index (κ2) is 10.5. The first-order valence-electron chi connectivity index (χ1n) is 10.1. The first-order valence-corrected chi connectivity index (χ1v) is 10.1. The number of aliphatic carboxylic acids is 2. The van der Waals surface area contributed by atoms with Crippen molar-refractivity contribution in [1.82, 2.24) is 9.80 Å². The molecule has 166 valence electrons. The van der Waals surface area contributed by atoms with Gasteiger partial charge in [0.1, 0.15) is 5.82 Å². The Hall–Kier alpha value is -3.78. The average molecular weight is 438 g/mol. The first-order chi connectivity index (χ1) is 15.4. The molecule has 8 heteroatoms. The second-order valence-corrected chi connectivity index (χ2v) is 7.30. The first kappa shape index (κ1) is 22.9. The highest BCUT2D eigenvalue weighted by Crippen LogP contribution is 2.21. The number of benzene rings is 3. The standard InChI is InChI=1S/C22H21FN2O.C2H2O4/c23-21-11-4-2-7-18(21)16-24-12-14-25(15-13-24)22(26)20-10-5-8-17-6-1-3-9-19(17)20;3-1(4)2(5)6/h1-11H,12-16H2;(H,3,4)(H,5,6). The smallest absolute Gasteiger partial charge is 0.414 e. The van der Waals surface area contributed by atoms with E-state index in [1.165, 1.54) is 6.07 Å². The van der Waals surface area contributed by atoms with Gasteiger partial charge in [-0.3, -0.25) is 9.69 Å². The Kier molecular flexibility index (Phi) is 7.51. The van der Waals surface area contributed by atoms with Crippen LogP contribution >= 0.6 is 0 Å². The lowest BCUT2D eigenvalue weighted by molar-refractivity contribution is -0.159. The molecule has 4 rings (SSSR count). The summed E-state index contributed by atoms with van der Waals surface area (Å²) < 4.78 is 13.8. The summed E-state index contributed by atoms with van der Waals surface area (Å²) in [6, 6.07) is 20.7. The van der Waals surface area contributed by atoms with Gasteiger partial charge in [0.2, 0.25) is 0 Å². The zero-order valence-corrected chi connectivity index (χ0v) is 17.3. The number of nitrogens with zero attached hydrogens (tertiary/aromatic N) is 2. The van der Waals surface area contributed by atoms with Crippen molar-refractivity contribution in [2.75, 3.05) is 26.2 Å². The average Bonchev–Trinajstić information content (AvgIpc) is 2.80. The maximum absolute atomic E-state index is 13.8. The molecule has 7 nitrogen and oxygen atoms in total. The second-order valence-electron chi connectivity index (χ2n) is 7.30. The van der Waals surface area contributed by atoms with Crippen molar-refractivity contribution in [3.63, 3.8) is 0 Å². The fourth-order valence-corrected chi connectivity index (χ4v) is 3.56. The van der Waals surface area contributed by atoms with Gasteiger partial charge in [0.15, 0.2) is 0 Å². The lowest BCUT2D eigenvalue weighted by atomic mass is 10.0. The van der Waals surface area contributed by atoms with Crippen molar-refractivity contribution in [3.05, 3.63) is 83.7 Å². The minimum Gasteiger partial charge on any atom is -0.473 e. The van der Waals surface area contributed by atoms with Crippen LogP contribution in [0.5, 0.6) is 0 Å². The molecule has 0 spiro atoms. The minimum absolute atomic E-state index is 0.0762. The molecule has 1 fully saturated rings. The Balaban J connectivity index is 0.000000427. The van der Waals surface area contributed by atoms with E-state index in [1.807, 2.05) is 59.5 Å². The molecule has 1 heterocycles.